The molecule has 0 bridgehead atoms. The van der Waals surface area contributed by atoms with E-state index in [0.29, 0.717) is 31.7 Å². The highest BCUT2D eigenvalue weighted by Crippen LogP contribution is 2.41. The first-order valence-electron chi connectivity index (χ1n) is 9.27. The Morgan fingerprint density at radius 2 is 1.45 bits per heavy atom. The van der Waals surface area contributed by atoms with Crippen LogP contribution in [0.5, 0.6) is 11.5 Å². The van der Waals surface area contributed by atoms with Gasteiger partial charge in [-0.3, -0.25) is 9.59 Å². The maximum Gasteiger partial charge on any atom is 0.198 e. The van der Waals surface area contributed by atoms with Gasteiger partial charge in [0.25, 0.3) is 0 Å². The number of ether oxygens (including phenoxy) is 1. The molecule has 2 N–H and O–H groups in total. The van der Waals surface area contributed by atoms with E-state index in [2.05, 4.69) is 43.4 Å². The maximum absolute atomic E-state index is 13.2. The molecule has 0 amide bonds. The summed E-state index contributed by atoms with van der Waals surface area (Å²) < 4.78 is 6.76. The zero-order valence-corrected chi connectivity index (χ0v) is 18.5. The normalized spacial score (nSPS) is 13.1. The standard InChI is InChI=1S/C24H20INO3/c1-24(2,3)13-8-10-14(11-9-13)29-23-19-17(12-18(25)20(23)26)21(27)15-6-4-5-7-16(15)22(19)28/h4-12H,26H2,1-3H3. The zero-order chi connectivity index (χ0) is 20.9. The van der Waals surface area contributed by atoms with E-state index in [1.165, 1.54) is 5.56 Å². The van der Waals surface area contributed by atoms with Gasteiger partial charge in [0.1, 0.15) is 5.75 Å². The molecular formula is C24H20INO3. The van der Waals surface area contributed by atoms with Crippen LogP contribution in [0.15, 0.2) is 54.6 Å². The number of nitrogen functional groups attached to an aromatic ring is 1. The Morgan fingerprint density at radius 1 is 0.862 bits per heavy atom. The van der Waals surface area contributed by atoms with Crippen LogP contribution in [0.2, 0.25) is 0 Å². The third-order valence-electron chi connectivity index (χ3n) is 5.10. The third-order valence-corrected chi connectivity index (χ3v) is 5.99. The minimum Gasteiger partial charge on any atom is -0.454 e. The molecule has 0 aliphatic heterocycles. The summed E-state index contributed by atoms with van der Waals surface area (Å²) in [5.74, 6) is 0.358. The minimum atomic E-state index is -0.250. The van der Waals surface area contributed by atoms with Crippen molar-refractivity contribution in [1.82, 2.24) is 0 Å². The lowest BCUT2D eigenvalue weighted by atomic mass is 9.83. The first-order chi connectivity index (χ1) is 13.7. The Kier molecular flexibility index (Phi) is 4.73. The molecular weight excluding hydrogens is 477 g/mol. The van der Waals surface area contributed by atoms with Gasteiger partial charge in [-0.2, -0.15) is 0 Å². The fourth-order valence-electron chi connectivity index (χ4n) is 3.45. The second-order valence-electron chi connectivity index (χ2n) is 8.10. The largest absolute Gasteiger partial charge is 0.454 e. The number of ketones is 2. The molecule has 0 heterocycles. The topological polar surface area (TPSA) is 69.4 Å². The van der Waals surface area contributed by atoms with E-state index in [1.54, 1.807) is 30.3 Å². The molecule has 146 valence electrons. The average molecular weight is 497 g/mol. The predicted octanol–water partition coefficient (Wildman–Crippen LogP) is 5.74. The number of nitrogens with two attached hydrogens (primary N) is 1. The van der Waals surface area contributed by atoms with Crippen molar-refractivity contribution in [3.05, 3.63) is 86.0 Å². The van der Waals surface area contributed by atoms with Crippen molar-refractivity contribution in [1.29, 1.82) is 0 Å². The Bertz CT molecular complexity index is 1160. The molecule has 0 aromatic heterocycles. The van der Waals surface area contributed by atoms with Crippen LogP contribution in [0.25, 0.3) is 0 Å². The first kappa shape index (κ1) is 19.6. The third kappa shape index (κ3) is 3.33. The van der Waals surface area contributed by atoms with Crippen LogP contribution in [0.4, 0.5) is 5.69 Å². The lowest BCUT2D eigenvalue weighted by Gasteiger charge is -2.23. The van der Waals surface area contributed by atoms with Crippen molar-refractivity contribution < 1.29 is 14.3 Å². The lowest BCUT2D eigenvalue weighted by Crippen LogP contribution is -2.22. The summed E-state index contributed by atoms with van der Waals surface area (Å²) in [6, 6.07) is 16.2. The van der Waals surface area contributed by atoms with Crippen LogP contribution in [0.3, 0.4) is 0 Å². The predicted molar refractivity (Wildman–Crippen MR) is 122 cm³/mol. The molecule has 0 saturated carbocycles. The number of hydrogen-bond donors (Lipinski definition) is 1. The summed E-state index contributed by atoms with van der Waals surface area (Å²) in [4.78, 5) is 26.2. The second-order valence-corrected chi connectivity index (χ2v) is 9.27. The van der Waals surface area contributed by atoms with Gasteiger partial charge in [-0.15, -0.1) is 0 Å². The Morgan fingerprint density at radius 3 is 2.03 bits per heavy atom. The molecule has 0 fully saturated rings. The van der Waals surface area contributed by atoms with Gasteiger partial charge in [0, 0.05) is 20.3 Å². The Balaban J connectivity index is 1.84. The van der Waals surface area contributed by atoms with Crippen molar-refractivity contribution in [2.45, 2.75) is 26.2 Å². The number of anilines is 1. The van der Waals surface area contributed by atoms with E-state index in [9.17, 15) is 9.59 Å². The Labute approximate surface area is 183 Å². The number of benzene rings is 3. The van der Waals surface area contributed by atoms with E-state index in [0.717, 1.165) is 0 Å². The minimum absolute atomic E-state index is 0.0188. The monoisotopic (exact) mass is 497 g/mol. The summed E-state index contributed by atoms with van der Waals surface area (Å²) in [6.45, 7) is 6.41. The summed E-state index contributed by atoms with van der Waals surface area (Å²) >= 11 is 2.06. The molecule has 0 atom stereocenters. The number of carbonyl (C=O) groups excluding carboxylic acids is 2. The van der Waals surface area contributed by atoms with E-state index in [1.807, 2.05) is 24.3 Å². The van der Waals surface area contributed by atoms with Gasteiger partial charge in [0.05, 0.1) is 11.3 Å². The second kappa shape index (κ2) is 6.99. The number of fused-ring (bicyclic) bond motifs is 2. The van der Waals surface area contributed by atoms with Crippen molar-refractivity contribution in [2.75, 3.05) is 5.73 Å². The number of hydrogen-bond acceptors (Lipinski definition) is 4. The van der Waals surface area contributed by atoms with Gasteiger partial charge in [0.2, 0.25) is 0 Å². The highest BCUT2D eigenvalue weighted by molar-refractivity contribution is 14.1. The van der Waals surface area contributed by atoms with Crippen LogP contribution in [0, 0.1) is 3.57 Å². The van der Waals surface area contributed by atoms with Gasteiger partial charge in [-0.05, 0) is 51.8 Å². The lowest BCUT2D eigenvalue weighted by molar-refractivity contribution is 0.0977. The number of rotatable bonds is 2. The van der Waals surface area contributed by atoms with Crippen LogP contribution >= 0.6 is 22.6 Å². The van der Waals surface area contributed by atoms with Crippen molar-refractivity contribution in [3.8, 4) is 11.5 Å². The zero-order valence-electron chi connectivity index (χ0n) is 16.4. The molecule has 3 aromatic carbocycles. The number of halogens is 1. The van der Waals surface area contributed by atoms with Gasteiger partial charge in [-0.1, -0.05) is 57.2 Å². The first-order valence-corrected chi connectivity index (χ1v) is 10.3. The van der Waals surface area contributed by atoms with E-state index in [4.69, 9.17) is 10.5 Å². The maximum atomic E-state index is 13.2. The van der Waals surface area contributed by atoms with E-state index in [-0.39, 0.29) is 28.3 Å². The van der Waals surface area contributed by atoms with Crippen LogP contribution in [-0.4, -0.2) is 11.6 Å². The van der Waals surface area contributed by atoms with Crippen LogP contribution in [-0.2, 0) is 5.41 Å². The van der Waals surface area contributed by atoms with E-state index >= 15 is 0 Å². The van der Waals surface area contributed by atoms with Gasteiger partial charge in [-0.25, -0.2) is 0 Å². The fourth-order valence-corrected chi connectivity index (χ4v) is 4.01. The molecule has 3 aromatic rings. The molecule has 0 radical (unpaired) electrons. The summed E-state index contributed by atoms with van der Waals surface area (Å²) in [6.07, 6.45) is 0. The number of carbonyl (C=O) groups is 2. The Hall–Kier alpha value is -2.67. The highest BCUT2D eigenvalue weighted by atomic mass is 127. The molecule has 5 heteroatoms. The summed E-state index contributed by atoms with van der Waals surface area (Å²) in [5, 5.41) is 0. The SMILES string of the molecule is CC(C)(C)c1ccc(Oc2c(N)c(I)cc3c2C(=O)c2ccccc2C3=O)cc1. The smallest absolute Gasteiger partial charge is 0.198 e. The van der Waals surface area contributed by atoms with Crippen LogP contribution in [0.1, 0.15) is 58.2 Å². The van der Waals surface area contributed by atoms with Crippen molar-refractivity contribution >= 4 is 39.8 Å². The molecule has 0 spiro atoms. The van der Waals surface area contributed by atoms with Gasteiger partial charge < -0.3 is 10.5 Å². The van der Waals surface area contributed by atoms with Crippen molar-refractivity contribution in [2.24, 2.45) is 0 Å². The van der Waals surface area contributed by atoms with Crippen LogP contribution < -0.4 is 10.5 Å². The average Bonchev–Trinajstić information content (AvgIpc) is 2.69. The van der Waals surface area contributed by atoms with Crippen molar-refractivity contribution in [3.63, 3.8) is 0 Å². The summed E-state index contributed by atoms with van der Waals surface area (Å²) in [7, 11) is 0. The van der Waals surface area contributed by atoms with E-state index < -0.39 is 0 Å². The fraction of sp³-hybridized carbons (Fsp3) is 0.167. The molecule has 1 aliphatic carbocycles. The molecule has 29 heavy (non-hydrogen) atoms. The highest BCUT2D eigenvalue weighted by Gasteiger charge is 2.34. The van der Waals surface area contributed by atoms with Gasteiger partial charge >= 0.3 is 0 Å². The van der Waals surface area contributed by atoms with Gasteiger partial charge in [0.15, 0.2) is 17.3 Å². The molecule has 4 nitrogen and oxygen atoms in total. The molecule has 0 saturated heterocycles. The quantitative estimate of drug-likeness (QED) is 0.283. The molecule has 1 aliphatic rings. The molecule has 4 rings (SSSR count). The molecule has 0 unspecified atom stereocenters. The summed E-state index contributed by atoms with van der Waals surface area (Å²) in [5.41, 5.74) is 9.16.